The quantitative estimate of drug-likeness (QED) is 0.629. The number of nitriles is 1. The number of rotatable bonds is 4. The van der Waals surface area contributed by atoms with Crippen LogP contribution < -0.4 is 0 Å². The minimum atomic E-state index is -0.420. The molecule has 1 aromatic heterocycles. The minimum Gasteiger partial charge on any atom is -0.341 e. The van der Waals surface area contributed by atoms with Gasteiger partial charge in [-0.15, -0.1) is 0 Å². The van der Waals surface area contributed by atoms with Gasteiger partial charge in [-0.1, -0.05) is 12.8 Å². The van der Waals surface area contributed by atoms with Crippen LogP contribution in [-0.4, -0.2) is 51.1 Å². The van der Waals surface area contributed by atoms with Crippen molar-refractivity contribution in [1.29, 1.82) is 5.26 Å². The lowest BCUT2D eigenvalue weighted by Gasteiger charge is -2.22. The second kappa shape index (κ2) is 9.67. The molecule has 0 aliphatic carbocycles. The zero-order valence-electron chi connectivity index (χ0n) is 18.8. The summed E-state index contributed by atoms with van der Waals surface area (Å²) in [5.74, 6) is -0.587. The van der Waals surface area contributed by atoms with E-state index >= 15 is 0 Å². The molecule has 0 unspecified atom stereocenters. The van der Waals surface area contributed by atoms with E-state index in [4.69, 9.17) is 5.26 Å². The van der Waals surface area contributed by atoms with Crippen molar-refractivity contribution < 1.29 is 14.4 Å². The predicted octanol–water partition coefficient (Wildman–Crippen LogP) is 4.40. The number of aromatic nitrogens is 1. The number of nitrogens with zero attached hydrogens (tertiary/aromatic N) is 4. The first-order chi connectivity index (χ1) is 15.9. The van der Waals surface area contributed by atoms with Crippen LogP contribution in [0.15, 0.2) is 35.2 Å². The van der Waals surface area contributed by atoms with Crippen LogP contribution >= 0.6 is 11.8 Å². The van der Waals surface area contributed by atoms with Crippen LogP contribution in [0.3, 0.4) is 0 Å². The number of benzene rings is 1. The Labute approximate surface area is 197 Å². The zero-order valence-corrected chi connectivity index (χ0v) is 19.7. The second-order valence-corrected chi connectivity index (χ2v) is 9.38. The number of carbonyl (C=O) groups excluding carboxylic acids is 3. The van der Waals surface area contributed by atoms with Gasteiger partial charge in [0.15, 0.2) is 0 Å². The van der Waals surface area contributed by atoms with Gasteiger partial charge in [0, 0.05) is 30.2 Å². The fourth-order valence-electron chi connectivity index (χ4n) is 4.35. The van der Waals surface area contributed by atoms with Crippen LogP contribution in [-0.2, 0) is 9.59 Å². The average Bonchev–Trinajstić information content (AvgIpc) is 3.09. The average molecular weight is 463 g/mol. The highest BCUT2D eigenvalue weighted by Gasteiger charge is 2.37. The molecular formula is C25H26N4O3S. The van der Waals surface area contributed by atoms with Gasteiger partial charge in [0.1, 0.15) is 6.54 Å². The second-order valence-electron chi connectivity index (χ2n) is 8.38. The molecule has 7 nitrogen and oxygen atoms in total. The molecule has 4 rings (SSSR count). The number of hydrogen-bond acceptors (Lipinski definition) is 5. The molecule has 0 saturated carbocycles. The van der Waals surface area contributed by atoms with E-state index in [2.05, 4.69) is 6.07 Å². The molecule has 3 heterocycles. The molecule has 0 bridgehead atoms. The highest BCUT2D eigenvalue weighted by molar-refractivity contribution is 8.18. The largest absolute Gasteiger partial charge is 0.341 e. The first kappa shape index (κ1) is 22.9. The molecule has 2 aromatic rings. The Balaban J connectivity index is 1.54. The lowest BCUT2D eigenvalue weighted by Crippen LogP contribution is -2.42. The van der Waals surface area contributed by atoms with Crippen molar-refractivity contribution >= 4 is 34.9 Å². The van der Waals surface area contributed by atoms with Gasteiger partial charge in [0.05, 0.1) is 16.5 Å². The van der Waals surface area contributed by atoms with Crippen LogP contribution in [0.5, 0.6) is 0 Å². The van der Waals surface area contributed by atoms with Gasteiger partial charge in [-0.25, -0.2) is 0 Å². The van der Waals surface area contributed by atoms with Gasteiger partial charge in [-0.3, -0.25) is 19.3 Å². The van der Waals surface area contributed by atoms with E-state index in [1.54, 1.807) is 23.1 Å². The summed E-state index contributed by atoms with van der Waals surface area (Å²) in [5, 5.41) is 8.62. The van der Waals surface area contributed by atoms with Crippen molar-refractivity contribution in [3.05, 3.63) is 57.8 Å². The molecule has 2 saturated heterocycles. The normalized spacial score (nSPS) is 18.0. The third-order valence-corrected chi connectivity index (χ3v) is 7.04. The molecule has 2 aliphatic heterocycles. The molecule has 1 aromatic carbocycles. The SMILES string of the molecule is Cc1cc(C=C2SC(=O)N(CC(=O)N3CCCCCC3)C2=O)c(C)n1-c1ccc(C#N)cc1. The van der Waals surface area contributed by atoms with Crippen molar-refractivity contribution in [2.24, 2.45) is 0 Å². The number of imide groups is 1. The standard InChI is InChI=1S/C25H26N4O3S/c1-17-13-20(18(2)29(17)21-9-7-19(15-26)8-10-21)14-22-24(31)28(25(32)33-22)16-23(30)27-11-5-3-4-6-12-27/h7-10,13-14H,3-6,11-12,16H2,1-2H3. The van der Waals surface area contributed by atoms with Gasteiger partial charge < -0.3 is 9.47 Å². The van der Waals surface area contributed by atoms with Crippen LogP contribution in [0, 0.1) is 25.2 Å². The summed E-state index contributed by atoms with van der Waals surface area (Å²) < 4.78 is 2.04. The fraction of sp³-hybridized carbons (Fsp3) is 0.360. The summed E-state index contributed by atoms with van der Waals surface area (Å²) in [4.78, 5) is 41.3. The smallest absolute Gasteiger partial charge is 0.294 e. The topological polar surface area (TPSA) is 86.4 Å². The first-order valence-corrected chi connectivity index (χ1v) is 11.9. The molecule has 170 valence electrons. The number of likely N-dealkylation sites (tertiary alicyclic amines) is 1. The van der Waals surface area contributed by atoms with E-state index in [0.717, 1.165) is 65.0 Å². The van der Waals surface area contributed by atoms with Crippen molar-refractivity contribution in [3.8, 4) is 11.8 Å². The Kier molecular flexibility index (Phi) is 6.70. The fourth-order valence-corrected chi connectivity index (χ4v) is 5.18. The van der Waals surface area contributed by atoms with Crippen LogP contribution in [0.2, 0.25) is 0 Å². The number of aryl methyl sites for hydroxylation is 1. The van der Waals surface area contributed by atoms with E-state index in [1.807, 2.05) is 36.6 Å². The van der Waals surface area contributed by atoms with Gasteiger partial charge >= 0.3 is 0 Å². The molecular weight excluding hydrogens is 436 g/mol. The molecule has 8 heteroatoms. The van der Waals surface area contributed by atoms with Crippen LogP contribution in [0.4, 0.5) is 4.79 Å². The van der Waals surface area contributed by atoms with Crippen LogP contribution in [0.25, 0.3) is 11.8 Å². The van der Waals surface area contributed by atoms with Crippen molar-refractivity contribution in [1.82, 2.24) is 14.4 Å². The maximum absolute atomic E-state index is 13.0. The molecule has 0 N–H and O–H groups in total. The molecule has 0 spiro atoms. The molecule has 3 amide bonds. The Bertz CT molecular complexity index is 1170. The minimum absolute atomic E-state index is 0.167. The molecule has 2 aliphatic rings. The summed E-state index contributed by atoms with van der Waals surface area (Å²) in [7, 11) is 0. The monoisotopic (exact) mass is 462 g/mol. The Morgan fingerprint density at radius 1 is 1.09 bits per heavy atom. The first-order valence-electron chi connectivity index (χ1n) is 11.1. The number of hydrogen-bond donors (Lipinski definition) is 0. The molecule has 0 atom stereocenters. The van der Waals surface area contributed by atoms with Gasteiger partial charge in [0.2, 0.25) is 5.91 Å². The lowest BCUT2D eigenvalue weighted by molar-refractivity contribution is -0.135. The highest BCUT2D eigenvalue weighted by atomic mass is 32.2. The van der Waals surface area contributed by atoms with E-state index in [1.165, 1.54) is 0 Å². The summed E-state index contributed by atoms with van der Waals surface area (Å²) in [6.07, 6.45) is 5.86. The molecule has 33 heavy (non-hydrogen) atoms. The summed E-state index contributed by atoms with van der Waals surface area (Å²) in [6.45, 7) is 5.09. The Hall–Kier alpha value is -3.31. The van der Waals surface area contributed by atoms with Crippen molar-refractivity contribution in [2.75, 3.05) is 19.6 Å². The van der Waals surface area contributed by atoms with Crippen LogP contribution in [0.1, 0.15) is 48.2 Å². The van der Waals surface area contributed by atoms with Crippen molar-refractivity contribution in [3.63, 3.8) is 0 Å². The van der Waals surface area contributed by atoms with Gasteiger partial charge in [0.25, 0.3) is 11.1 Å². The number of thioether (sulfide) groups is 1. The maximum atomic E-state index is 13.0. The van der Waals surface area contributed by atoms with Gasteiger partial charge in [-0.05, 0) is 80.4 Å². The number of amides is 3. The third kappa shape index (κ3) is 4.74. The zero-order chi connectivity index (χ0) is 23.5. The summed E-state index contributed by atoms with van der Waals surface area (Å²) in [6, 6.07) is 11.4. The maximum Gasteiger partial charge on any atom is 0.294 e. The molecule has 0 radical (unpaired) electrons. The van der Waals surface area contributed by atoms with E-state index < -0.39 is 11.1 Å². The van der Waals surface area contributed by atoms with Gasteiger partial charge in [-0.2, -0.15) is 5.26 Å². The predicted molar refractivity (Wildman–Crippen MR) is 128 cm³/mol. The van der Waals surface area contributed by atoms with E-state index in [-0.39, 0.29) is 12.5 Å². The van der Waals surface area contributed by atoms with Crippen molar-refractivity contribution in [2.45, 2.75) is 39.5 Å². The summed E-state index contributed by atoms with van der Waals surface area (Å²) >= 11 is 0.876. The Morgan fingerprint density at radius 3 is 2.39 bits per heavy atom. The number of carbonyl (C=O) groups is 3. The van der Waals surface area contributed by atoms with E-state index in [0.29, 0.717) is 23.6 Å². The van der Waals surface area contributed by atoms with E-state index in [9.17, 15) is 14.4 Å². The molecule has 2 fully saturated rings. The summed E-state index contributed by atoms with van der Waals surface area (Å²) in [5.41, 5.74) is 4.23. The lowest BCUT2D eigenvalue weighted by atomic mass is 10.2. The Morgan fingerprint density at radius 2 is 1.76 bits per heavy atom. The third-order valence-electron chi connectivity index (χ3n) is 6.14. The highest BCUT2D eigenvalue weighted by Crippen LogP contribution is 2.34.